The Morgan fingerprint density at radius 3 is 2.54 bits per heavy atom. The number of halogens is 3. The first-order valence-corrected chi connectivity index (χ1v) is 11.2. The maximum atomic E-state index is 12.7. The van der Waals surface area contributed by atoms with Gasteiger partial charge in [-0.25, -0.2) is 9.78 Å². The van der Waals surface area contributed by atoms with Crippen molar-refractivity contribution in [3.8, 4) is 28.4 Å². The molecule has 4 rings (SSSR count). The molecule has 11 heteroatoms. The molecule has 0 amide bonds. The molecule has 0 radical (unpaired) electrons. The number of carbonyl (C=O) groups is 1. The second kappa shape index (κ2) is 10.2. The third kappa shape index (κ3) is 5.35. The van der Waals surface area contributed by atoms with Crippen LogP contribution in [-0.2, 0) is 6.42 Å². The predicted octanol–water partition coefficient (Wildman–Crippen LogP) is 6.15. The van der Waals surface area contributed by atoms with Gasteiger partial charge in [0.15, 0.2) is 5.82 Å². The van der Waals surface area contributed by atoms with Gasteiger partial charge in [0.05, 0.1) is 29.6 Å². The summed E-state index contributed by atoms with van der Waals surface area (Å²) >= 11 is 0. The zero-order valence-electron chi connectivity index (χ0n) is 20.1. The molecular formula is C26H23F3N4O4. The SMILES string of the molecule is CCc1nn(-c2ncccc2C)c(Nc2ccc(OC(F)(F)F)cc2C(=O)O)c1-c1ccccc1OC. The van der Waals surface area contributed by atoms with Gasteiger partial charge in [-0.3, -0.25) is 0 Å². The van der Waals surface area contributed by atoms with Crippen LogP contribution in [0.25, 0.3) is 16.9 Å². The van der Waals surface area contributed by atoms with Crippen molar-refractivity contribution < 1.29 is 32.5 Å². The number of pyridine rings is 1. The third-order valence-electron chi connectivity index (χ3n) is 5.56. The van der Waals surface area contributed by atoms with Gasteiger partial charge >= 0.3 is 12.3 Å². The highest BCUT2D eigenvalue weighted by molar-refractivity contribution is 5.97. The number of hydrogen-bond donors (Lipinski definition) is 2. The van der Waals surface area contributed by atoms with Crippen molar-refractivity contribution in [1.82, 2.24) is 14.8 Å². The minimum absolute atomic E-state index is 0.0376. The van der Waals surface area contributed by atoms with E-state index in [9.17, 15) is 23.1 Å². The fourth-order valence-corrected chi connectivity index (χ4v) is 3.95. The summed E-state index contributed by atoms with van der Waals surface area (Å²) in [5.74, 6) is -0.664. The number of alkyl halides is 3. The fourth-order valence-electron chi connectivity index (χ4n) is 3.95. The Kier molecular flexibility index (Phi) is 7.05. The van der Waals surface area contributed by atoms with Crippen LogP contribution >= 0.6 is 0 Å². The van der Waals surface area contributed by atoms with Crippen LogP contribution in [0, 0.1) is 6.92 Å². The number of aromatic nitrogens is 3. The van der Waals surface area contributed by atoms with E-state index in [1.165, 1.54) is 13.2 Å². The van der Waals surface area contributed by atoms with E-state index in [0.717, 1.165) is 17.7 Å². The zero-order valence-corrected chi connectivity index (χ0v) is 20.1. The van der Waals surface area contributed by atoms with Gasteiger partial charge in [-0.1, -0.05) is 31.2 Å². The van der Waals surface area contributed by atoms with E-state index < -0.39 is 23.6 Å². The van der Waals surface area contributed by atoms with Crippen molar-refractivity contribution in [1.29, 1.82) is 0 Å². The summed E-state index contributed by atoms with van der Waals surface area (Å²) in [5.41, 5.74) is 2.42. The first-order chi connectivity index (χ1) is 17.6. The average Bonchev–Trinajstić information content (AvgIpc) is 3.21. The number of ether oxygens (including phenoxy) is 2. The molecule has 0 saturated carbocycles. The molecule has 0 aliphatic heterocycles. The number of carboxylic acids is 1. The van der Waals surface area contributed by atoms with E-state index in [-0.39, 0.29) is 5.69 Å². The van der Waals surface area contributed by atoms with Crippen molar-refractivity contribution in [2.75, 3.05) is 12.4 Å². The molecule has 192 valence electrons. The Labute approximate surface area is 210 Å². The number of carboxylic acid groups (broad SMARTS) is 1. The van der Waals surface area contributed by atoms with Crippen molar-refractivity contribution in [2.24, 2.45) is 0 Å². The standard InChI is InChI=1S/C26H23F3N4O4/c1-4-19-22(17-9-5-6-10-21(17)36-3)24(33(32-19)23-15(2)8-7-13-30-23)31-20-12-11-16(37-26(27,28)29)14-18(20)25(34)35/h5-14,31H,4H2,1-3H3,(H,34,35). The number of nitrogens with zero attached hydrogens (tertiary/aromatic N) is 3. The number of hydrogen-bond acceptors (Lipinski definition) is 6. The maximum Gasteiger partial charge on any atom is 0.573 e. The summed E-state index contributed by atoms with van der Waals surface area (Å²) in [4.78, 5) is 16.5. The molecule has 0 aliphatic rings. The summed E-state index contributed by atoms with van der Waals surface area (Å²) in [6.45, 7) is 3.78. The van der Waals surface area contributed by atoms with E-state index in [1.807, 2.05) is 38.1 Å². The Morgan fingerprint density at radius 2 is 1.89 bits per heavy atom. The molecule has 2 aromatic carbocycles. The third-order valence-corrected chi connectivity index (χ3v) is 5.56. The predicted molar refractivity (Wildman–Crippen MR) is 131 cm³/mol. The number of benzene rings is 2. The Balaban J connectivity index is 1.96. The van der Waals surface area contributed by atoms with E-state index in [0.29, 0.717) is 40.6 Å². The molecule has 2 heterocycles. The number of rotatable bonds is 8. The molecule has 0 spiro atoms. The molecular weight excluding hydrogens is 489 g/mol. The molecule has 0 atom stereocenters. The lowest BCUT2D eigenvalue weighted by Gasteiger charge is -2.17. The lowest BCUT2D eigenvalue weighted by atomic mass is 10.0. The second-order valence-electron chi connectivity index (χ2n) is 7.97. The Bertz CT molecular complexity index is 1450. The smallest absolute Gasteiger partial charge is 0.496 e. The zero-order chi connectivity index (χ0) is 26.7. The average molecular weight is 512 g/mol. The molecule has 37 heavy (non-hydrogen) atoms. The summed E-state index contributed by atoms with van der Waals surface area (Å²) < 4.78 is 49.3. The van der Waals surface area contributed by atoms with Crippen molar-refractivity contribution >= 4 is 17.5 Å². The van der Waals surface area contributed by atoms with Crippen molar-refractivity contribution in [2.45, 2.75) is 26.6 Å². The lowest BCUT2D eigenvalue weighted by Crippen LogP contribution is -2.17. The van der Waals surface area contributed by atoms with Crippen molar-refractivity contribution in [3.05, 3.63) is 77.6 Å². The van der Waals surface area contributed by atoms with Gasteiger partial charge in [-0.05, 0) is 49.2 Å². The number of aryl methyl sites for hydroxylation is 2. The number of nitrogens with one attached hydrogen (secondary N) is 1. The highest BCUT2D eigenvalue weighted by Crippen LogP contribution is 2.41. The molecule has 0 fully saturated rings. The largest absolute Gasteiger partial charge is 0.573 e. The van der Waals surface area contributed by atoms with Gasteiger partial charge in [0.2, 0.25) is 0 Å². The number of para-hydroxylation sites is 1. The van der Waals surface area contributed by atoms with Gasteiger partial charge in [0.1, 0.15) is 17.3 Å². The molecule has 2 aromatic heterocycles. The Morgan fingerprint density at radius 1 is 1.14 bits per heavy atom. The van der Waals surface area contributed by atoms with E-state index in [4.69, 9.17) is 9.84 Å². The van der Waals surface area contributed by atoms with Gasteiger partial charge in [0.25, 0.3) is 0 Å². The fraction of sp³-hybridized carbons (Fsp3) is 0.192. The summed E-state index contributed by atoms with van der Waals surface area (Å²) in [6.07, 6.45) is -2.84. The molecule has 0 saturated heterocycles. The number of methoxy groups -OCH3 is 1. The van der Waals surface area contributed by atoms with Crippen LogP contribution in [0.15, 0.2) is 60.8 Å². The molecule has 0 unspecified atom stereocenters. The number of anilines is 2. The van der Waals surface area contributed by atoms with Crippen LogP contribution in [0.2, 0.25) is 0 Å². The van der Waals surface area contributed by atoms with Gasteiger partial charge in [-0.2, -0.15) is 9.78 Å². The Hall–Kier alpha value is -4.54. The first kappa shape index (κ1) is 25.5. The van der Waals surface area contributed by atoms with Crippen LogP contribution in [0.3, 0.4) is 0 Å². The van der Waals surface area contributed by atoms with Gasteiger partial charge in [0, 0.05) is 11.8 Å². The van der Waals surface area contributed by atoms with Crippen molar-refractivity contribution in [3.63, 3.8) is 0 Å². The van der Waals surface area contributed by atoms with Crippen LogP contribution in [0.4, 0.5) is 24.7 Å². The summed E-state index contributed by atoms with van der Waals surface area (Å²) in [5, 5.41) is 17.6. The first-order valence-electron chi connectivity index (χ1n) is 11.2. The summed E-state index contributed by atoms with van der Waals surface area (Å²) in [6, 6.07) is 14.0. The maximum absolute atomic E-state index is 12.7. The van der Waals surface area contributed by atoms with Crippen LogP contribution in [0.1, 0.15) is 28.5 Å². The van der Waals surface area contributed by atoms with Crippen LogP contribution in [0.5, 0.6) is 11.5 Å². The quantitative estimate of drug-likeness (QED) is 0.292. The molecule has 8 nitrogen and oxygen atoms in total. The highest BCUT2D eigenvalue weighted by atomic mass is 19.4. The molecule has 0 aliphatic carbocycles. The van der Waals surface area contributed by atoms with E-state index >= 15 is 0 Å². The monoisotopic (exact) mass is 512 g/mol. The normalized spacial score (nSPS) is 11.3. The minimum Gasteiger partial charge on any atom is -0.496 e. The van der Waals surface area contributed by atoms with Gasteiger partial charge < -0.3 is 19.9 Å². The number of aromatic carboxylic acids is 1. The lowest BCUT2D eigenvalue weighted by molar-refractivity contribution is -0.274. The highest BCUT2D eigenvalue weighted by Gasteiger charge is 2.32. The molecule has 0 bridgehead atoms. The topological polar surface area (TPSA) is 98.5 Å². The molecule has 2 N–H and O–H groups in total. The second-order valence-corrected chi connectivity index (χ2v) is 7.97. The van der Waals surface area contributed by atoms with E-state index in [2.05, 4.69) is 15.0 Å². The molecule has 4 aromatic rings. The van der Waals surface area contributed by atoms with Crippen LogP contribution < -0.4 is 14.8 Å². The van der Waals surface area contributed by atoms with Crippen LogP contribution in [-0.4, -0.2) is 39.3 Å². The van der Waals surface area contributed by atoms with Gasteiger partial charge in [-0.15, -0.1) is 13.2 Å². The minimum atomic E-state index is -4.97. The summed E-state index contributed by atoms with van der Waals surface area (Å²) in [7, 11) is 1.53. The van der Waals surface area contributed by atoms with E-state index in [1.54, 1.807) is 23.0 Å².